The fraction of sp³-hybridized carbons (Fsp3) is 0.273. The van der Waals surface area contributed by atoms with Gasteiger partial charge in [0, 0.05) is 18.8 Å². The molecule has 0 saturated heterocycles. The third-order valence-electron chi connectivity index (χ3n) is 6.83. The van der Waals surface area contributed by atoms with Crippen LogP contribution in [0.15, 0.2) is 78.9 Å². The Hall–Kier alpha value is -3.52. The molecule has 0 bridgehead atoms. The Morgan fingerprint density at radius 2 is 0.943 bits per heavy atom. The molecule has 0 saturated carbocycles. The third kappa shape index (κ3) is 6.33. The van der Waals surface area contributed by atoms with Gasteiger partial charge in [-0.25, -0.2) is 0 Å². The SMILES string of the molecule is Cc1ccc(C)c(COc2ccc(N(Cc3cc(C)ccc3C)Cc3cc(C)ccc3C)cc2)c1. The van der Waals surface area contributed by atoms with Crippen molar-refractivity contribution in [2.45, 2.75) is 61.2 Å². The molecule has 0 spiro atoms. The first-order valence-corrected chi connectivity index (χ1v) is 12.4. The van der Waals surface area contributed by atoms with E-state index in [2.05, 4.69) is 125 Å². The Kier molecular flexibility index (Phi) is 7.60. The highest BCUT2D eigenvalue weighted by Gasteiger charge is 2.13. The van der Waals surface area contributed by atoms with Gasteiger partial charge in [-0.1, -0.05) is 71.3 Å². The summed E-state index contributed by atoms with van der Waals surface area (Å²) in [6.45, 7) is 15.3. The van der Waals surface area contributed by atoms with Crippen LogP contribution in [0.4, 0.5) is 5.69 Å². The second-order valence-corrected chi connectivity index (χ2v) is 9.93. The van der Waals surface area contributed by atoms with E-state index < -0.39 is 0 Å². The van der Waals surface area contributed by atoms with E-state index in [1.807, 2.05) is 0 Å². The first-order chi connectivity index (χ1) is 16.8. The van der Waals surface area contributed by atoms with E-state index in [-0.39, 0.29) is 0 Å². The molecule has 2 nitrogen and oxygen atoms in total. The van der Waals surface area contributed by atoms with Crippen molar-refractivity contribution in [2.24, 2.45) is 0 Å². The first-order valence-electron chi connectivity index (χ1n) is 12.4. The van der Waals surface area contributed by atoms with Crippen molar-refractivity contribution in [3.8, 4) is 5.75 Å². The number of ether oxygens (including phenoxy) is 1. The Balaban J connectivity index is 1.57. The zero-order chi connectivity index (χ0) is 24.9. The molecular weight excluding hydrogens is 426 g/mol. The van der Waals surface area contributed by atoms with E-state index in [9.17, 15) is 0 Å². The average Bonchev–Trinajstić information content (AvgIpc) is 2.84. The normalized spacial score (nSPS) is 10.9. The van der Waals surface area contributed by atoms with Crippen molar-refractivity contribution >= 4 is 5.69 Å². The lowest BCUT2D eigenvalue weighted by atomic mass is 10.0. The smallest absolute Gasteiger partial charge is 0.119 e. The quantitative estimate of drug-likeness (QED) is 0.260. The molecule has 180 valence electrons. The van der Waals surface area contributed by atoms with Gasteiger partial charge in [0.2, 0.25) is 0 Å². The number of benzene rings is 4. The highest BCUT2D eigenvalue weighted by atomic mass is 16.5. The van der Waals surface area contributed by atoms with Crippen LogP contribution in [0.5, 0.6) is 5.75 Å². The van der Waals surface area contributed by atoms with Crippen LogP contribution < -0.4 is 9.64 Å². The Bertz CT molecular complexity index is 1250. The topological polar surface area (TPSA) is 12.5 Å². The van der Waals surface area contributed by atoms with Gasteiger partial charge in [0.05, 0.1) is 0 Å². The minimum absolute atomic E-state index is 0.585. The van der Waals surface area contributed by atoms with Crippen LogP contribution >= 0.6 is 0 Å². The molecule has 0 aromatic heterocycles. The monoisotopic (exact) mass is 463 g/mol. The van der Waals surface area contributed by atoms with E-state index >= 15 is 0 Å². The molecule has 0 aliphatic heterocycles. The van der Waals surface area contributed by atoms with Gasteiger partial charge in [-0.05, 0) is 99.2 Å². The van der Waals surface area contributed by atoms with Crippen LogP contribution in [-0.2, 0) is 19.7 Å². The number of aryl methyl sites for hydroxylation is 6. The lowest BCUT2D eigenvalue weighted by Gasteiger charge is -2.27. The predicted molar refractivity (Wildman–Crippen MR) is 148 cm³/mol. The van der Waals surface area contributed by atoms with Crippen molar-refractivity contribution < 1.29 is 4.74 Å². The minimum atomic E-state index is 0.585. The second kappa shape index (κ2) is 10.8. The van der Waals surface area contributed by atoms with Gasteiger partial charge in [0.1, 0.15) is 12.4 Å². The standard InChI is InChI=1S/C33H37NO/c1-23-7-10-26(4)29(17-23)20-34(21-30-18-24(2)8-11-27(30)5)32-13-15-33(16-14-32)35-22-31-19-25(3)9-12-28(31)6/h7-19H,20-22H2,1-6H3. The molecule has 4 aromatic rings. The van der Waals surface area contributed by atoms with Gasteiger partial charge in [0.25, 0.3) is 0 Å². The maximum Gasteiger partial charge on any atom is 0.119 e. The molecule has 0 aliphatic rings. The number of hydrogen-bond acceptors (Lipinski definition) is 2. The molecule has 0 N–H and O–H groups in total. The molecule has 0 aliphatic carbocycles. The zero-order valence-corrected chi connectivity index (χ0v) is 22.0. The van der Waals surface area contributed by atoms with Gasteiger partial charge < -0.3 is 9.64 Å². The number of rotatable bonds is 8. The van der Waals surface area contributed by atoms with Gasteiger partial charge in [-0.2, -0.15) is 0 Å². The summed E-state index contributed by atoms with van der Waals surface area (Å²) in [6.07, 6.45) is 0. The van der Waals surface area contributed by atoms with E-state index in [0.717, 1.165) is 18.8 Å². The molecule has 0 amide bonds. The summed E-state index contributed by atoms with van der Waals surface area (Å²) < 4.78 is 6.15. The molecular formula is C33H37NO. The van der Waals surface area contributed by atoms with Crippen molar-refractivity contribution in [1.29, 1.82) is 0 Å². The van der Waals surface area contributed by atoms with Crippen LogP contribution in [0.3, 0.4) is 0 Å². The summed E-state index contributed by atoms with van der Waals surface area (Å²) in [5.74, 6) is 0.896. The van der Waals surface area contributed by atoms with Crippen LogP contribution in [0.25, 0.3) is 0 Å². The van der Waals surface area contributed by atoms with Crippen LogP contribution in [0.2, 0.25) is 0 Å². The lowest BCUT2D eigenvalue weighted by Crippen LogP contribution is -2.23. The maximum atomic E-state index is 6.15. The summed E-state index contributed by atoms with van der Waals surface area (Å²) in [6, 6.07) is 28.5. The highest BCUT2D eigenvalue weighted by molar-refractivity contribution is 5.51. The molecule has 35 heavy (non-hydrogen) atoms. The van der Waals surface area contributed by atoms with Crippen LogP contribution in [0.1, 0.15) is 50.1 Å². The number of hydrogen-bond donors (Lipinski definition) is 0. The first kappa shape index (κ1) is 24.6. The maximum absolute atomic E-state index is 6.15. The molecule has 4 aromatic carbocycles. The van der Waals surface area contributed by atoms with E-state index in [0.29, 0.717) is 6.61 Å². The summed E-state index contributed by atoms with van der Waals surface area (Å²) >= 11 is 0. The number of anilines is 1. The fourth-order valence-corrected chi connectivity index (χ4v) is 4.46. The van der Waals surface area contributed by atoms with Crippen LogP contribution in [-0.4, -0.2) is 0 Å². The Morgan fingerprint density at radius 3 is 1.43 bits per heavy atom. The van der Waals surface area contributed by atoms with Crippen LogP contribution in [0, 0.1) is 41.5 Å². The molecule has 2 heteroatoms. The largest absolute Gasteiger partial charge is 0.489 e. The Labute approximate surface area is 211 Å². The van der Waals surface area contributed by atoms with E-state index in [4.69, 9.17) is 4.74 Å². The van der Waals surface area contributed by atoms with Crippen molar-refractivity contribution in [2.75, 3.05) is 4.90 Å². The minimum Gasteiger partial charge on any atom is -0.489 e. The van der Waals surface area contributed by atoms with Gasteiger partial charge in [-0.3, -0.25) is 0 Å². The third-order valence-corrected chi connectivity index (χ3v) is 6.83. The highest BCUT2D eigenvalue weighted by Crippen LogP contribution is 2.26. The van der Waals surface area contributed by atoms with Crippen molar-refractivity contribution in [1.82, 2.24) is 0 Å². The Morgan fingerprint density at radius 1 is 0.514 bits per heavy atom. The summed E-state index contributed by atoms with van der Waals surface area (Å²) in [5.41, 5.74) is 13.0. The van der Waals surface area contributed by atoms with E-state index in [1.54, 1.807) is 0 Å². The molecule has 0 atom stereocenters. The molecule has 4 rings (SSSR count). The van der Waals surface area contributed by atoms with Gasteiger partial charge in [0.15, 0.2) is 0 Å². The van der Waals surface area contributed by atoms with Gasteiger partial charge >= 0.3 is 0 Å². The second-order valence-electron chi connectivity index (χ2n) is 9.93. The molecule has 0 radical (unpaired) electrons. The fourth-order valence-electron chi connectivity index (χ4n) is 4.46. The lowest BCUT2D eigenvalue weighted by molar-refractivity contribution is 0.305. The van der Waals surface area contributed by atoms with Crippen molar-refractivity contribution in [3.63, 3.8) is 0 Å². The average molecular weight is 464 g/mol. The summed E-state index contributed by atoms with van der Waals surface area (Å²) in [4.78, 5) is 2.47. The summed E-state index contributed by atoms with van der Waals surface area (Å²) in [7, 11) is 0. The summed E-state index contributed by atoms with van der Waals surface area (Å²) in [5, 5.41) is 0. The van der Waals surface area contributed by atoms with Gasteiger partial charge in [-0.15, -0.1) is 0 Å². The molecule has 0 unspecified atom stereocenters. The van der Waals surface area contributed by atoms with Crippen molar-refractivity contribution in [3.05, 3.63) is 129 Å². The number of nitrogens with zero attached hydrogens (tertiary/aromatic N) is 1. The van der Waals surface area contributed by atoms with E-state index in [1.165, 1.54) is 55.8 Å². The zero-order valence-electron chi connectivity index (χ0n) is 22.0. The molecule has 0 fully saturated rings. The predicted octanol–water partition coefficient (Wildman–Crippen LogP) is 8.32. The molecule has 0 heterocycles.